The zero-order chi connectivity index (χ0) is 71.2. The average molecular weight is 1380 g/mol. The van der Waals surface area contributed by atoms with E-state index in [1.807, 2.05) is 0 Å². The summed E-state index contributed by atoms with van der Waals surface area (Å²) >= 11 is 0. The molecule has 0 aliphatic heterocycles. The predicted octanol–water partition coefficient (Wildman–Crippen LogP) is 27.0. The first kappa shape index (κ1) is 62.1. The van der Waals surface area contributed by atoms with E-state index in [9.17, 15) is 0 Å². The molecule has 17 aromatic carbocycles. The van der Waals surface area contributed by atoms with Crippen LogP contribution in [0.15, 0.2) is 413 Å². The molecule has 0 N–H and O–H groups in total. The summed E-state index contributed by atoms with van der Waals surface area (Å²) in [7, 11) is 0. The molecule has 0 radical (unpaired) electrons. The molecule has 0 bridgehead atoms. The Labute approximate surface area is 623 Å². The van der Waals surface area contributed by atoms with Gasteiger partial charge in [0.1, 0.15) is 0 Å². The van der Waals surface area contributed by atoms with E-state index in [-0.39, 0.29) is 0 Å². The van der Waals surface area contributed by atoms with Gasteiger partial charge in [0, 0.05) is 98.8 Å². The minimum atomic E-state index is 1.15. The lowest BCUT2D eigenvalue weighted by atomic mass is 10.0. The molecule has 506 valence electrons. The molecule has 0 atom stereocenters. The highest BCUT2D eigenvalue weighted by atomic mass is 15.1. The fourth-order valence-electron chi connectivity index (χ4n) is 17.3. The number of hydrogen-bond donors (Lipinski definition) is 0. The first-order valence-electron chi connectivity index (χ1n) is 37.1. The van der Waals surface area contributed by atoms with E-state index in [0.29, 0.717) is 0 Å². The van der Waals surface area contributed by atoms with Crippen molar-refractivity contribution < 1.29 is 0 Å². The van der Waals surface area contributed by atoms with Crippen molar-refractivity contribution in [1.82, 2.24) is 27.4 Å². The van der Waals surface area contributed by atoms with Crippen LogP contribution in [-0.2, 0) is 0 Å². The minimum Gasteiger partial charge on any atom is -0.309 e. The highest BCUT2D eigenvalue weighted by molar-refractivity contribution is 6.26. The molecule has 0 aliphatic rings. The Morgan fingerprint density at radius 2 is 0.315 bits per heavy atom. The maximum Gasteiger partial charge on any atom is 0.0788 e. The van der Waals surface area contributed by atoms with Gasteiger partial charge in [-0.25, -0.2) is 0 Å². The zero-order valence-electron chi connectivity index (χ0n) is 58.9. The first-order valence-corrected chi connectivity index (χ1v) is 37.1. The van der Waals surface area contributed by atoms with Crippen molar-refractivity contribution in [3.8, 4) is 56.4 Å². The van der Waals surface area contributed by atoms with Gasteiger partial charge < -0.3 is 27.4 Å². The van der Waals surface area contributed by atoms with Crippen LogP contribution in [0.25, 0.3) is 187 Å². The van der Waals surface area contributed by atoms with Crippen LogP contribution in [0.5, 0.6) is 0 Å². The van der Waals surface area contributed by atoms with E-state index in [1.165, 1.54) is 176 Å². The van der Waals surface area contributed by atoms with Gasteiger partial charge in [0.05, 0.1) is 66.2 Å². The van der Waals surface area contributed by atoms with Crippen molar-refractivity contribution in [2.45, 2.75) is 0 Å². The van der Waals surface area contributed by atoms with E-state index >= 15 is 0 Å². The predicted molar refractivity (Wildman–Crippen MR) is 456 cm³/mol. The summed E-state index contributed by atoms with van der Waals surface area (Å²) in [4.78, 5) is 0. The normalized spacial score (nSPS) is 11.7. The first-order chi connectivity index (χ1) is 53.7. The molecule has 0 unspecified atom stereocenters. The number of para-hydroxylation sites is 10. The molecule has 6 heterocycles. The Hall–Kier alpha value is -14.5. The van der Waals surface area contributed by atoms with Gasteiger partial charge in [-0.3, -0.25) is 0 Å². The molecule has 6 nitrogen and oxygen atoms in total. The van der Waals surface area contributed by atoms with Gasteiger partial charge in [-0.2, -0.15) is 0 Å². The van der Waals surface area contributed by atoms with E-state index in [1.54, 1.807) is 0 Å². The maximum atomic E-state index is 2.47. The largest absolute Gasteiger partial charge is 0.309 e. The Morgan fingerprint density at radius 3 is 0.602 bits per heavy atom. The highest BCUT2D eigenvalue weighted by Gasteiger charge is 2.25. The van der Waals surface area contributed by atoms with Gasteiger partial charge in [0.25, 0.3) is 0 Å². The molecule has 0 amide bonds. The van der Waals surface area contributed by atoms with Crippen molar-refractivity contribution in [3.63, 3.8) is 0 Å². The van der Waals surface area contributed by atoms with Gasteiger partial charge in [0.15, 0.2) is 0 Å². The number of aromatic nitrogens is 6. The molecule has 23 rings (SSSR count). The molecule has 108 heavy (non-hydrogen) atoms. The van der Waals surface area contributed by atoms with Crippen LogP contribution in [0.3, 0.4) is 0 Å². The summed E-state index contributed by atoms with van der Waals surface area (Å²) in [5.74, 6) is 0. The lowest BCUT2D eigenvalue weighted by Gasteiger charge is -2.14. The molecule has 0 aliphatic carbocycles. The lowest BCUT2D eigenvalue weighted by Crippen LogP contribution is -1.99. The summed E-state index contributed by atoms with van der Waals surface area (Å²) in [6.45, 7) is 0. The van der Waals surface area contributed by atoms with Crippen molar-refractivity contribution in [3.05, 3.63) is 413 Å². The number of hydrogen-bond acceptors (Lipinski definition) is 0. The molecule has 6 heteroatoms. The fraction of sp³-hybridized carbons (Fsp3) is 0. The molecular weight excluding hydrogens is 1310 g/mol. The van der Waals surface area contributed by atoms with E-state index in [4.69, 9.17) is 0 Å². The molecule has 0 fully saturated rings. The Balaban J connectivity index is 0.000000105. The monoisotopic (exact) mass is 1380 g/mol. The van der Waals surface area contributed by atoms with Gasteiger partial charge in [-0.1, -0.05) is 291 Å². The molecular formula is C102H68N6. The smallest absolute Gasteiger partial charge is 0.0788 e. The molecule has 23 aromatic rings. The van der Waals surface area contributed by atoms with E-state index in [0.717, 1.165) is 11.4 Å². The van der Waals surface area contributed by atoms with Crippen LogP contribution in [0.4, 0.5) is 0 Å². The third-order valence-corrected chi connectivity index (χ3v) is 21.9. The number of benzene rings is 17. The Morgan fingerprint density at radius 1 is 0.111 bits per heavy atom. The topological polar surface area (TPSA) is 29.6 Å². The lowest BCUT2D eigenvalue weighted by molar-refractivity contribution is 1.15. The van der Waals surface area contributed by atoms with Crippen molar-refractivity contribution in [2.24, 2.45) is 0 Å². The molecule has 0 saturated carbocycles. The van der Waals surface area contributed by atoms with Crippen LogP contribution in [-0.4, -0.2) is 27.4 Å². The number of fused-ring (bicyclic) bond motifs is 20. The summed E-state index contributed by atoms with van der Waals surface area (Å²) in [5, 5.41) is 15.2. The van der Waals surface area contributed by atoms with Gasteiger partial charge in [-0.15, -0.1) is 0 Å². The quantitative estimate of drug-likeness (QED) is 0.145. The van der Waals surface area contributed by atoms with E-state index in [2.05, 4.69) is 440 Å². The minimum absolute atomic E-state index is 1.15. The van der Waals surface area contributed by atoms with Crippen LogP contribution < -0.4 is 0 Å². The second-order valence-electron chi connectivity index (χ2n) is 27.9. The fourth-order valence-corrected chi connectivity index (χ4v) is 17.3. The number of nitrogens with zero attached hydrogens (tertiary/aromatic N) is 6. The highest BCUT2D eigenvalue weighted by Crippen LogP contribution is 2.46. The van der Waals surface area contributed by atoms with Crippen LogP contribution in [0.1, 0.15) is 0 Å². The zero-order valence-corrected chi connectivity index (χ0v) is 58.9. The maximum absolute atomic E-state index is 2.47. The van der Waals surface area contributed by atoms with Gasteiger partial charge in [0.2, 0.25) is 0 Å². The molecule has 0 saturated heterocycles. The average Bonchev–Trinajstić information content (AvgIpc) is 1.56. The third kappa shape index (κ3) is 10.0. The van der Waals surface area contributed by atoms with Crippen molar-refractivity contribution >= 4 is 131 Å². The van der Waals surface area contributed by atoms with Crippen molar-refractivity contribution in [2.75, 3.05) is 0 Å². The van der Waals surface area contributed by atoms with E-state index < -0.39 is 0 Å². The summed E-state index contributed by atoms with van der Waals surface area (Å²) < 4.78 is 14.6. The second kappa shape index (κ2) is 25.7. The van der Waals surface area contributed by atoms with Crippen molar-refractivity contribution in [1.29, 1.82) is 0 Å². The SMILES string of the molecule is c1ccc(-c2cccc(-n3c4ccccc4c4ccc5c6ccccc6n(-c6cccc(-c7ccccc7)c6)c5c43)c2)cc1.c1ccc(-n2c3ccccc3c3cc4c(cc32)c2ccccc2n4-c2ccccc2)cc1.c1ccc(-n2c3ccccc3c3ccc4c5ccccc5n(-c5ccccc5)c4c32)cc1. The van der Waals surface area contributed by atoms with Crippen LogP contribution >= 0.6 is 0 Å². The summed E-state index contributed by atoms with van der Waals surface area (Å²) in [5.41, 5.74) is 26.6. The Bertz CT molecular complexity index is 6920. The second-order valence-corrected chi connectivity index (χ2v) is 27.9. The van der Waals surface area contributed by atoms with Crippen LogP contribution in [0.2, 0.25) is 0 Å². The third-order valence-electron chi connectivity index (χ3n) is 21.9. The Kier molecular flexibility index (Phi) is 14.8. The number of rotatable bonds is 8. The summed E-state index contributed by atoms with van der Waals surface area (Å²) in [6, 6.07) is 148. The van der Waals surface area contributed by atoms with Gasteiger partial charge >= 0.3 is 0 Å². The summed E-state index contributed by atoms with van der Waals surface area (Å²) in [6.07, 6.45) is 0. The molecule has 6 aromatic heterocycles. The van der Waals surface area contributed by atoms with Crippen LogP contribution in [0, 0.1) is 0 Å². The molecule has 0 spiro atoms. The standard InChI is InChI=1S/C42H28N2.2C30H20N2/c1-3-13-29(14-4-1)31-17-11-19-33(27-31)43-39-23-9-7-21-35(39)37-25-26-38-36-22-8-10-24-40(36)44(42(38)41(37)43)34-20-12-18-32(28-34)30-15-5-2-6-16-30;1-3-11-21(12-4-1)31-27-17-9-7-15-23(27)25-20-30-26(19-29(25)31)24-16-8-10-18-28(24)32(30)22-13-5-2-6-14-22;1-3-11-21(12-4-1)31-27-17-9-7-15-23(27)25-19-20-26-24-16-8-10-18-28(24)32(30(26)29(25)31)22-13-5-2-6-14-22/h1-28H;2*1-20H. The van der Waals surface area contributed by atoms with Gasteiger partial charge in [-0.05, 0) is 144 Å².